The molecule has 0 unspecified atom stereocenters. The maximum Gasteiger partial charge on any atom is 0.387 e. The number of methoxy groups -OCH3 is 1. The molecule has 1 aliphatic heterocycles. The number of nitrogens with zero attached hydrogens (tertiary/aromatic N) is 1. The van der Waals surface area contributed by atoms with Crippen LogP contribution in [-0.2, 0) is 6.54 Å². The second kappa shape index (κ2) is 8.41. The van der Waals surface area contributed by atoms with Crippen molar-refractivity contribution in [3.05, 3.63) is 89.5 Å². The van der Waals surface area contributed by atoms with Crippen molar-refractivity contribution in [2.24, 2.45) is 0 Å². The van der Waals surface area contributed by atoms with Crippen LogP contribution in [0, 0.1) is 0 Å². The van der Waals surface area contributed by atoms with E-state index < -0.39 is 12.8 Å². The van der Waals surface area contributed by atoms with Crippen LogP contribution >= 0.6 is 0 Å². The Kier molecular flexibility index (Phi) is 5.52. The lowest BCUT2D eigenvalue weighted by atomic mass is 10.0. The number of hydrogen-bond acceptors (Lipinski definition) is 4. The van der Waals surface area contributed by atoms with Crippen molar-refractivity contribution in [2.45, 2.75) is 19.3 Å². The molecule has 1 atom stereocenters. The van der Waals surface area contributed by atoms with Crippen LogP contribution in [0.4, 0.5) is 14.5 Å². The Morgan fingerprint density at radius 3 is 2.47 bits per heavy atom. The summed E-state index contributed by atoms with van der Waals surface area (Å²) in [6.07, 6.45) is -0.571. The third-order valence-electron chi connectivity index (χ3n) is 4.94. The third-order valence-corrected chi connectivity index (χ3v) is 4.94. The predicted octanol–water partition coefficient (Wildman–Crippen LogP) is 5.06. The number of anilines is 1. The number of nitrogens with one attached hydrogen (secondary N) is 1. The first-order valence-electron chi connectivity index (χ1n) is 9.40. The van der Waals surface area contributed by atoms with Gasteiger partial charge in [0.2, 0.25) is 0 Å². The molecular formula is C23H20F2N2O3. The summed E-state index contributed by atoms with van der Waals surface area (Å²) >= 11 is 0. The van der Waals surface area contributed by atoms with E-state index in [9.17, 15) is 13.6 Å². The van der Waals surface area contributed by atoms with Gasteiger partial charge in [0.25, 0.3) is 5.91 Å². The van der Waals surface area contributed by atoms with Crippen LogP contribution in [0.5, 0.6) is 11.5 Å². The molecule has 0 saturated carbocycles. The van der Waals surface area contributed by atoms with Crippen molar-refractivity contribution in [1.82, 2.24) is 4.90 Å². The molecule has 3 aromatic rings. The van der Waals surface area contributed by atoms with Crippen LogP contribution in [-0.4, -0.2) is 24.5 Å². The first kappa shape index (κ1) is 19.7. The summed E-state index contributed by atoms with van der Waals surface area (Å²) in [5.74, 6) is -0.0423. The molecule has 0 spiro atoms. The summed E-state index contributed by atoms with van der Waals surface area (Å²) in [6, 6.07) is 21.6. The van der Waals surface area contributed by atoms with Crippen LogP contribution in [0.3, 0.4) is 0 Å². The van der Waals surface area contributed by atoms with E-state index in [1.807, 2.05) is 42.5 Å². The molecule has 0 bridgehead atoms. The minimum Gasteiger partial charge on any atom is -0.493 e. The molecule has 1 aliphatic rings. The molecular weight excluding hydrogens is 390 g/mol. The predicted molar refractivity (Wildman–Crippen MR) is 109 cm³/mol. The van der Waals surface area contributed by atoms with Crippen LogP contribution in [0.25, 0.3) is 0 Å². The highest BCUT2D eigenvalue weighted by molar-refractivity contribution is 6.01. The Labute approximate surface area is 172 Å². The van der Waals surface area contributed by atoms with Crippen molar-refractivity contribution in [3.8, 4) is 11.5 Å². The molecule has 1 amide bonds. The van der Waals surface area contributed by atoms with E-state index in [1.165, 1.54) is 13.2 Å². The molecule has 5 nitrogen and oxygen atoms in total. The number of hydrogen-bond donors (Lipinski definition) is 1. The second-order valence-electron chi connectivity index (χ2n) is 6.80. The van der Waals surface area contributed by atoms with Gasteiger partial charge in [-0.1, -0.05) is 48.5 Å². The fourth-order valence-electron chi connectivity index (χ4n) is 3.55. The van der Waals surface area contributed by atoms with Gasteiger partial charge < -0.3 is 19.7 Å². The summed E-state index contributed by atoms with van der Waals surface area (Å²) in [4.78, 5) is 15.0. The molecule has 154 valence electrons. The van der Waals surface area contributed by atoms with E-state index in [-0.39, 0.29) is 17.4 Å². The van der Waals surface area contributed by atoms with E-state index in [4.69, 9.17) is 4.74 Å². The van der Waals surface area contributed by atoms with Crippen molar-refractivity contribution in [2.75, 3.05) is 12.4 Å². The number of rotatable bonds is 6. The number of carbonyl (C=O) groups excluding carboxylic acids is 1. The maximum atomic E-state index is 13.3. The minimum absolute atomic E-state index is 0.0854. The summed E-state index contributed by atoms with van der Waals surface area (Å²) in [7, 11) is 1.38. The first-order chi connectivity index (χ1) is 14.6. The normalized spacial score (nSPS) is 15.5. The van der Waals surface area contributed by atoms with Gasteiger partial charge in [-0.25, -0.2) is 0 Å². The molecule has 1 N–H and O–H groups in total. The highest BCUT2D eigenvalue weighted by atomic mass is 19.3. The molecule has 1 heterocycles. The van der Waals surface area contributed by atoms with Crippen molar-refractivity contribution < 1.29 is 23.0 Å². The van der Waals surface area contributed by atoms with Gasteiger partial charge in [-0.2, -0.15) is 8.78 Å². The smallest absolute Gasteiger partial charge is 0.387 e. The van der Waals surface area contributed by atoms with E-state index in [0.29, 0.717) is 23.4 Å². The van der Waals surface area contributed by atoms with E-state index in [0.717, 1.165) is 5.56 Å². The van der Waals surface area contributed by atoms with Gasteiger partial charge in [-0.05, 0) is 35.4 Å². The topological polar surface area (TPSA) is 50.8 Å². The lowest BCUT2D eigenvalue weighted by Gasteiger charge is -2.38. The Hall–Kier alpha value is -3.61. The van der Waals surface area contributed by atoms with Crippen molar-refractivity contribution >= 4 is 11.6 Å². The Balaban J connectivity index is 1.76. The number of carbonyl (C=O) groups is 1. The molecule has 0 aliphatic carbocycles. The molecule has 0 aromatic heterocycles. The van der Waals surface area contributed by atoms with E-state index >= 15 is 0 Å². The Morgan fingerprint density at radius 2 is 1.73 bits per heavy atom. The van der Waals surface area contributed by atoms with E-state index in [2.05, 4.69) is 10.1 Å². The van der Waals surface area contributed by atoms with Gasteiger partial charge in [0.05, 0.1) is 12.7 Å². The molecule has 0 saturated heterocycles. The summed E-state index contributed by atoms with van der Waals surface area (Å²) in [5.41, 5.74) is 2.80. The van der Waals surface area contributed by atoms with Gasteiger partial charge >= 0.3 is 6.61 Å². The van der Waals surface area contributed by atoms with Gasteiger partial charge in [-0.3, -0.25) is 4.79 Å². The molecule has 4 rings (SSSR count). The Morgan fingerprint density at radius 1 is 1.00 bits per heavy atom. The second-order valence-corrected chi connectivity index (χ2v) is 6.80. The molecule has 30 heavy (non-hydrogen) atoms. The lowest BCUT2D eigenvalue weighted by Crippen LogP contribution is -2.42. The SMILES string of the molecule is COc1ccc([C@@H]2Nc3ccccc3C(=O)N2Cc2ccccc2)cc1OC(F)F. The fraction of sp³-hybridized carbons (Fsp3) is 0.174. The highest BCUT2D eigenvalue weighted by Crippen LogP contribution is 2.38. The third kappa shape index (κ3) is 3.91. The summed E-state index contributed by atoms with van der Waals surface area (Å²) in [6.45, 7) is -2.64. The van der Waals surface area contributed by atoms with E-state index in [1.54, 1.807) is 29.2 Å². The standard InChI is InChI=1S/C23H20F2N2O3/c1-29-19-12-11-16(13-20(19)30-23(24)25)21-26-18-10-6-5-9-17(18)22(28)27(21)14-15-7-3-2-4-8-15/h2-13,21,23,26H,14H2,1H3/t21-/m1/s1. The Bertz CT molecular complexity index is 1040. The highest BCUT2D eigenvalue weighted by Gasteiger charge is 2.33. The molecule has 7 heteroatoms. The number of benzene rings is 3. The van der Waals surface area contributed by atoms with Crippen molar-refractivity contribution in [3.63, 3.8) is 0 Å². The maximum absolute atomic E-state index is 13.3. The van der Waals surface area contributed by atoms with Crippen LogP contribution < -0.4 is 14.8 Å². The van der Waals surface area contributed by atoms with Gasteiger partial charge in [0.15, 0.2) is 11.5 Å². The van der Waals surface area contributed by atoms with Crippen LogP contribution in [0.1, 0.15) is 27.7 Å². The van der Waals surface area contributed by atoms with Gasteiger partial charge in [0.1, 0.15) is 6.17 Å². The number of alkyl halides is 2. The zero-order valence-corrected chi connectivity index (χ0v) is 16.2. The average molecular weight is 410 g/mol. The van der Waals surface area contributed by atoms with Crippen LogP contribution in [0.15, 0.2) is 72.8 Å². The van der Waals surface area contributed by atoms with Crippen molar-refractivity contribution in [1.29, 1.82) is 0 Å². The number of para-hydroxylation sites is 1. The molecule has 0 fully saturated rings. The van der Waals surface area contributed by atoms with Gasteiger partial charge in [0, 0.05) is 12.2 Å². The quantitative estimate of drug-likeness (QED) is 0.617. The average Bonchev–Trinajstić information content (AvgIpc) is 2.76. The zero-order valence-electron chi connectivity index (χ0n) is 16.2. The number of amides is 1. The minimum atomic E-state index is -2.99. The summed E-state index contributed by atoms with van der Waals surface area (Å²) < 4.78 is 35.5. The first-order valence-corrected chi connectivity index (χ1v) is 9.40. The molecule has 0 radical (unpaired) electrons. The monoisotopic (exact) mass is 410 g/mol. The lowest BCUT2D eigenvalue weighted by molar-refractivity contribution is -0.0513. The van der Waals surface area contributed by atoms with Gasteiger partial charge in [-0.15, -0.1) is 0 Å². The molecule has 3 aromatic carbocycles. The zero-order chi connectivity index (χ0) is 21.1. The number of ether oxygens (including phenoxy) is 2. The fourth-order valence-corrected chi connectivity index (χ4v) is 3.55. The summed E-state index contributed by atoms with van der Waals surface area (Å²) in [5, 5.41) is 3.35. The largest absolute Gasteiger partial charge is 0.493 e. The number of fused-ring (bicyclic) bond motifs is 1. The van der Waals surface area contributed by atoms with Crippen LogP contribution in [0.2, 0.25) is 0 Å². The number of halogens is 2.